The third-order valence-electron chi connectivity index (χ3n) is 2.58. The predicted octanol–water partition coefficient (Wildman–Crippen LogP) is 0.588. The van der Waals surface area contributed by atoms with Crippen LogP contribution in [0.2, 0.25) is 0 Å². The Kier molecular flexibility index (Phi) is 2.83. The van der Waals surface area contributed by atoms with Gasteiger partial charge in [0.25, 0.3) is 10.0 Å². The summed E-state index contributed by atoms with van der Waals surface area (Å²) in [5.74, 6) is 1.06. The molecular formula is C11H10N4O4S. The summed E-state index contributed by atoms with van der Waals surface area (Å²) in [5, 5.41) is 0. The summed E-state index contributed by atoms with van der Waals surface area (Å²) in [6.07, 6.45) is 2.27. The molecule has 2 aromatic rings. The standard InChI is InChI=1S/C11H10N4O4S/c12-11-13-4-8(5-14-11)20(16,17)15-7-1-2-9-10(3-7)19-6-18-9/h1-5,15H,6H2,(H2,12,13,14). The fourth-order valence-corrected chi connectivity index (χ4v) is 2.58. The SMILES string of the molecule is Nc1ncc(S(=O)(=O)Nc2ccc3c(c2)OCO3)cn1. The van der Waals surface area contributed by atoms with Crippen molar-refractivity contribution in [2.24, 2.45) is 0 Å². The van der Waals surface area contributed by atoms with Crippen molar-refractivity contribution < 1.29 is 17.9 Å². The lowest BCUT2D eigenvalue weighted by Gasteiger charge is -2.08. The summed E-state index contributed by atoms with van der Waals surface area (Å²) >= 11 is 0. The third-order valence-corrected chi connectivity index (χ3v) is 3.92. The number of ether oxygens (including phenoxy) is 2. The van der Waals surface area contributed by atoms with Gasteiger partial charge in [-0.25, -0.2) is 18.4 Å². The molecule has 0 bridgehead atoms. The van der Waals surface area contributed by atoms with Crippen LogP contribution in [0.3, 0.4) is 0 Å². The summed E-state index contributed by atoms with van der Waals surface area (Å²) in [5.41, 5.74) is 5.67. The first-order valence-corrected chi connectivity index (χ1v) is 7.03. The fourth-order valence-electron chi connectivity index (χ4n) is 1.64. The first-order chi connectivity index (χ1) is 9.54. The van der Waals surface area contributed by atoms with Crippen LogP contribution < -0.4 is 19.9 Å². The molecule has 8 nitrogen and oxygen atoms in total. The van der Waals surface area contributed by atoms with E-state index in [2.05, 4.69) is 14.7 Å². The van der Waals surface area contributed by atoms with Gasteiger partial charge in [-0.1, -0.05) is 0 Å². The van der Waals surface area contributed by atoms with Gasteiger partial charge >= 0.3 is 0 Å². The number of anilines is 2. The summed E-state index contributed by atoms with van der Waals surface area (Å²) in [4.78, 5) is 7.22. The van der Waals surface area contributed by atoms with E-state index in [1.165, 1.54) is 6.07 Å². The van der Waals surface area contributed by atoms with E-state index in [0.717, 1.165) is 12.4 Å². The maximum absolute atomic E-state index is 12.1. The summed E-state index contributed by atoms with van der Waals surface area (Å²) in [7, 11) is -3.77. The van der Waals surface area contributed by atoms with E-state index >= 15 is 0 Å². The number of benzene rings is 1. The molecule has 0 fully saturated rings. The first kappa shape index (κ1) is 12.5. The molecule has 0 atom stereocenters. The molecule has 104 valence electrons. The van der Waals surface area contributed by atoms with Crippen LogP contribution in [-0.2, 0) is 10.0 Å². The van der Waals surface area contributed by atoms with Gasteiger partial charge in [0.2, 0.25) is 12.7 Å². The molecule has 0 spiro atoms. The van der Waals surface area contributed by atoms with Gasteiger partial charge in [-0.3, -0.25) is 4.72 Å². The fraction of sp³-hybridized carbons (Fsp3) is 0.0909. The average Bonchev–Trinajstić information content (AvgIpc) is 2.86. The van der Waals surface area contributed by atoms with Crippen LogP contribution in [0, 0.1) is 0 Å². The van der Waals surface area contributed by atoms with E-state index in [9.17, 15) is 8.42 Å². The number of hydrogen-bond acceptors (Lipinski definition) is 7. The molecular weight excluding hydrogens is 284 g/mol. The van der Waals surface area contributed by atoms with Gasteiger partial charge < -0.3 is 15.2 Å². The highest BCUT2D eigenvalue weighted by molar-refractivity contribution is 7.92. The zero-order valence-corrected chi connectivity index (χ0v) is 10.9. The van der Waals surface area contributed by atoms with Crippen molar-refractivity contribution in [1.82, 2.24) is 9.97 Å². The van der Waals surface area contributed by atoms with Gasteiger partial charge in [0.15, 0.2) is 11.5 Å². The number of nitrogens with zero attached hydrogens (tertiary/aromatic N) is 2. The van der Waals surface area contributed by atoms with Crippen LogP contribution in [-0.4, -0.2) is 25.2 Å². The highest BCUT2D eigenvalue weighted by atomic mass is 32.2. The van der Waals surface area contributed by atoms with E-state index in [-0.39, 0.29) is 17.6 Å². The van der Waals surface area contributed by atoms with Crippen LogP contribution in [0.5, 0.6) is 11.5 Å². The quantitative estimate of drug-likeness (QED) is 0.850. The lowest BCUT2D eigenvalue weighted by Crippen LogP contribution is -2.14. The zero-order chi connectivity index (χ0) is 14.2. The highest BCUT2D eigenvalue weighted by Crippen LogP contribution is 2.34. The van der Waals surface area contributed by atoms with Gasteiger partial charge in [-0.2, -0.15) is 0 Å². The molecule has 0 saturated carbocycles. The second-order valence-corrected chi connectivity index (χ2v) is 5.63. The Morgan fingerprint density at radius 2 is 1.85 bits per heavy atom. The molecule has 0 radical (unpaired) electrons. The van der Waals surface area contributed by atoms with Crippen molar-refractivity contribution in [3.63, 3.8) is 0 Å². The van der Waals surface area contributed by atoms with Gasteiger partial charge in [-0.15, -0.1) is 0 Å². The molecule has 0 unspecified atom stereocenters. The molecule has 2 heterocycles. The predicted molar refractivity (Wildman–Crippen MR) is 69.8 cm³/mol. The monoisotopic (exact) mass is 294 g/mol. The van der Waals surface area contributed by atoms with Crippen LogP contribution in [0.25, 0.3) is 0 Å². The smallest absolute Gasteiger partial charge is 0.264 e. The summed E-state index contributed by atoms with van der Waals surface area (Å²) in [6.45, 7) is 0.122. The van der Waals surface area contributed by atoms with Crippen LogP contribution in [0.1, 0.15) is 0 Å². The van der Waals surface area contributed by atoms with Gasteiger partial charge in [0.05, 0.1) is 18.1 Å². The largest absolute Gasteiger partial charge is 0.454 e. The van der Waals surface area contributed by atoms with E-state index in [4.69, 9.17) is 15.2 Å². The molecule has 3 N–H and O–H groups in total. The maximum Gasteiger partial charge on any atom is 0.264 e. The van der Waals surface area contributed by atoms with E-state index in [0.29, 0.717) is 17.2 Å². The lowest BCUT2D eigenvalue weighted by atomic mass is 10.3. The Morgan fingerprint density at radius 1 is 1.15 bits per heavy atom. The Labute approximate surface area is 114 Å². The molecule has 20 heavy (non-hydrogen) atoms. The van der Waals surface area contributed by atoms with Crippen molar-refractivity contribution >= 4 is 21.7 Å². The Balaban J connectivity index is 1.88. The first-order valence-electron chi connectivity index (χ1n) is 5.54. The third kappa shape index (κ3) is 2.30. The van der Waals surface area contributed by atoms with Gasteiger partial charge in [-0.05, 0) is 12.1 Å². The zero-order valence-electron chi connectivity index (χ0n) is 10.1. The molecule has 0 aliphatic carbocycles. The summed E-state index contributed by atoms with van der Waals surface area (Å²) in [6, 6.07) is 4.74. The van der Waals surface area contributed by atoms with Crippen molar-refractivity contribution in [1.29, 1.82) is 0 Å². The van der Waals surface area contributed by atoms with E-state index < -0.39 is 10.0 Å². The molecule has 1 aromatic carbocycles. The number of sulfonamides is 1. The van der Waals surface area contributed by atoms with Crippen molar-refractivity contribution in [2.45, 2.75) is 4.90 Å². The van der Waals surface area contributed by atoms with Crippen LogP contribution >= 0.6 is 0 Å². The molecule has 0 saturated heterocycles. The van der Waals surface area contributed by atoms with Crippen LogP contribution in [0.4, 0.5) is 11.6 Å². The molecule has 1 aliphatic rings. The minimum atomic E-state index is -3.77. The minimum Gasteiger partial charge on any atom is -0.454 e. The van der Waals surface area contributed by atoms with Gasteiger partial charge in [0.1, 0.15) is 4.90 Å². The number of nitrogen functional groups attached to an aromatic ring is 1. The van der Waals surface area contributed by atoms with Gasteiger partial charge in [0, 0.05) is 6.07 Å². The Morgan fingerprint density at radius 3 is 2.60 bits per heavy atom. The number of aromatic nitrogens is 2. The summed E-state index contributed by atoms with van der Waals surface area (Å²) < 4.78 is 36.9. The maximum atomic E-state index is 12.1. The Bertz CT molecular complexity index is 746. The van der Waals surface area contributed by atoms with E-state index in [1.807, 2.05) is 0 Å². The second-order valence-electron chi connectivity index (χ2n) is 3.95. The van der Waals surface area contributed by atoms with Crippen molar-refractivity contribution in [2.75, 3.05) is 17.2 Å². The lowest BCUT2D eigenvalue weighted by molar-refractivity contribution is 0.174. The molecule has 1 aromatic heterocycles. The number of hydrogen-bond donors (Lipinski definition) is 2. The van der Waals surface area contributed by atoms with Crippen molar-refractivity contribution in [3.05, 3.63) is 30.6 Å². The Hall–Kier alpha value is -2.55. The van der Waals surface area contributed by atoms with Crippen LogP contribution in [0.15, 0.2) is 35.5 Å². The number of fused-ring (bicyclic) bond motifs is 1. The normalized spacial score (nSPS) is 13.2. The van der Waals surface area contributed by atoms with E-state index in [1.54, 1.807) is 12.1 Å². The topological polar surface area (TPSA) is 116 Å². The highest BCUT2D eigenvalue weighted by Gasteiger charge is 2.18. The molecule has 1 aliphatic heterocycles. The average molecular weight is 294 g/mol. The molecule has 0 amide bonds. The molecule has 9 heteroatoms. The second kappa shape index (κ2) is 4.53. The molecule has 3 rings (SSSR count). The minimum absolute atomic E-state index is 0.00651. The number of nitrogens with one attached hydrogen (secondary N) is 1. The number of nitrogens with two attached hydrogens (primary N) is 1. The van der Waals surface area contributed by atoms with Crippen molar-refractivity contribution in [3.8, 4) is 11.5 Å². The number of rotatable bonds is 3.